The maximum absolute atomic E-state index is 12.4. The summed E-state index contributed by atoms with van der Waals surface area (Å²) in [7, 11) is 0. The Balaban J connectivity index is 2.01. The lowest BCUT2D eigenvalue weighted by Gasteiger charge is -2.24. The number of rotatable bonds is 5. The fourth-order valence-electron chi connectivity index (χ4n) is 2.17. The molecule has 1 atom stereocenters. The number of ether oxygens (including phenoxy) is 1. The van der Waals surface area contributed by atoms with Crippen molar-refractivity contribution in [1.29, 1.82) is 0 Å². The van der Waals surface area contributed by atoms with Crippen molar-refractivity contribution in [2.75, 3.05) is 26.3 Å². The predicted molar refractivity (Wildman–Crippen MR) is 74.4 cm³/mol. The van der Waals surface area contributed by atoms with E-state index in [9.17, 15) is 4.79 Å². The van der Waals surface area contributed by atoms with Crippen LogP contribution in [-0.4, -0.2) is 37.1 Å². The first-order valence-electron chi connectivity index (χ1n) is 6.33. The van der Waals surface area contributed by atoms with Crippen LogP contribution < -0.4 is 0 Å². The summed E-state index contributed by atoms with van der Waals surface area (Å²) < 4.78 is 6.03. The van der Waals surface area contributed by atoms with E-state index >= 15 is 0 Å². The highest BCUT2D eigenvalue weighted by atomic mass is 35.5. The van der Waals surface area contributed by atoms with Crippen LogP contribution in [-0.2, 0) is 4.74 Å². The van der Waals surface area contributed by atoms with Crippen LogP contribution >= 0.6 is 22.9 Å². The first-order valence-corrected chi connectivity index (χ1v) is 7.52. The standard InChI is InChI=1S/C13H18ClNO2S/c1-2-6-15(8-10-5-7-17-9-10)13(16)11-3-4-12(14)18-11/h3-4,10H,2,5-9H2,1H3. The normalized spacial score (nSPS) is 19.1. The Morgan fingerprint density at radius 3 is 3.00 bits per heavy atom. The third-order valence-electron chi connectivity index (χ3n) is 3.07. The van der Waals surface area contributed by atoms with Gasteiger partial charge in [-0.3, -0.25) is 4.79 Å². The smallest absolute Gasteiger partial charge is 0.263 e. The van der Waals surface area contributed by atoms with Gasteiger partial charge in [0.15, 0.2) is 0 Å². The van der Waals surface area contributed by atoms with Gasteiger partial charge in [0.1, 0.15) is 0 Å². The number of thiophene rings is 1. The number of carbonyl (C=O) groups excluding carboxylic acids is 1. The largest absolute Gasteiger partial charge is 0.381 e. The van der Waals surface area contributed by atoms with Crippen molar-refractivity contribution >= 4 is 28.8 Å². The molecule has 0 radical (unpaired) electrons. The van der Waals surface area contributed by atoms with Gasteiger partial charge in [0.2, 0.25) is 0 Å². The van der Waals surface area contributed by atoms with Gasteiger partial charge in [0.25, 0.3) is 5.91 Å². The highest BCUT2D eigenvalue weighted by Crippen LogP contribution is 2.24. The topological polar surface area (TPSA) is 29.5 Å². The van der Waals surface area contributed by atoms with Crippen molar-refractivity contribution in [3.05, 3.63) is 21.3 Å². The summed E-state index contributed by atoms with van der Waals surface area (Å²) >= 11 is 7.24. The Morgan fingerprint density at radius 2 is 2.44 bits per heavy atom. The fourth-order valence-corrected chi connectivity index (χ4v) is 3.18. The zero-order chi connectivity index (χ0) is 13.0. The molecular weight excluding hydrogens is 270 g/mol. The number of amides is 1. The zero-order valence-electron chi connectivity index (χ0n) is 10.5. The van der Waals surface area contributed by atoms with Crippen molar-refractivity contribution in [2.24, 2.45) is 5.92 Å². The second-order valence-electron chi connectivity index (χ2n) is 4.58. The molecule has 1 aliphatic rings. The molecule has 0 spiro atoms. The summed E-state index contributed by atoms with van der Waals surface area (Å²) in [5.74, 6) is 0.580. The summed E-state index contributed by atoms with van der Waals surface area (Å²) in [6.07, 6.45) is 2.02. The zero-order valence-corrected chi connectivity index (χ0v) is 12.1. The lowest BCUT2D eigenvalue weighted by molar-refractivity contribution is 0.0725. The molecule has 0 saturated carbocycles. The average molecular weight is 288 g/mol. The highest BCUT2D eigenvalue weighted by Gasteiger charge is 2.23. The summed E-state index contributed by atoms with van der Waals surface area (Å²) in [6, 6.07) is 3.59. The van der Waals surface area contributed by atoms with Crippen LogP contribution in [0.2, 0.25) is 4.34 Å². The molecule has 5 heteroatoms. The van der Waals surface area contributed by atoms with Crippen LogP contribution in [0.3, 0.4) is 0 Å². The Hall–Kier alpha value is -0.580. The Morgan fingerprint density at radius 1 is 1.61 bits per heavy atom. The van der Waals surface area contributed by atoms with Gasteiger partial charge in [-0.15, -0.1) is 11.3 Å². The van der Waals surface area contributed by atoms with Gasteiger partial charge in [0.05, 0.1) is 15.8 Å². The molecule has 1 aliphatic heterocycles. The molecular formula is C13H18ClNO2S. The molecule has 0 aliphatic carbocycles. The number of nitrogens with zero attached hydrogens (tertiary/aromatic N) is 1. The average Bonchev–Trinajstić information content (AvgIpc) is 2.99. The summed E-state index contributed by atoms with van der Waals surface area (Å²) in [4.78, 5) is 15.0. The Kier molecular flexibility index (Phi) is 5.03. The van der Waals surface area contributed by atoms with E-state index in [4.69, 9.17) is 16.3 Å². The van der Waals surface area contributed by atoms with Crippen LogP contribution in [0, 0.1) is 5.92 Å². The van der Waals surface area contributed by atoms with Crippen molar-refractivity contribution in [1.82, 2.24) is 4.90 Å². The maximum atomic E-state index is 12.4. The van der Waals surface area contributed by atoms with E-state index in [0.29, 0.717) is 10.3 Å². The Labute approximate surface area is 117 Å². The van der Waals surface area contributed by atoms with Crippen LogP contribution in [0.4, 0.5) is 0 Å². The SMILES string of the molecule is CCCN(CC1CCOC1)C(=O)c1ccc(Cl)s1. The molecule has 0 aromatic carbocycles. The molecule has 1 fully saturated rings. The third kappa shape index (κ3) is 3.46. The molecule has 2 rings (SSSR count). The second kappa shape index (κ2) is 6.55. The van der Waals surface area contributed by atoms with Gasteiger partial charge in [-0.2, -0.15) is 0 Å². The molecule has 18 heavy (non-hydrogen) atoms. The summed E-state index contributed by atoms with van der Waals surface area (Å²) in [5.41, 5.74) is 0. The first-order chi connectivity index (χ1) is 8.70. The minimum Gasteiger partial charge on any atom is -0.381 e. The van der Waals surface area contributed by atoms with E-state index in [0.717, 1.165) is 44.0 Å². The van der Waals surface area contributed by atoms with E-state index in [1.165, 1.54) is 11.3 Å². The second-order valence-corrected chi connectivity index (χ2v) is 6.30. The first kappa shape index (κ1) is 13.8. The van der Waals surface area contributed by atoms with Crippen molar-refractivity contribution in [2.45, 2.75) is 19.8 Å². The van der Waals surface area contributed by atoms with Crippen LogP contribution in [0.15, 0.2) is 12.1 Å². The monoisotopic (exact) mass is 287 g/mol. The van der Waals surface area contributed by atoms with Gasteiger partial charge in [-0.25, -0.2) is 0 Å². The molecule has 2 heterocycles. The van der Waals surface area contributed by atoms with Gasteiger partial charge in [-0.05, 0) is 25.0 Å². The van der Waals surface area contributed by atoms with Gasteiger partial charge in [-0.1, -0.05) is 18.5 Å². The molecule has 0 bridgehead atoms. The number of hydrogen-bond donors (Lipinski definition) is 0. The number of carbonyl (C=O) groups is 1. The highest BCUT2D eigenvalue weighted by molar-refractivity contribution is 7.17. The molecule has 1 unspecified atom stereocenters. The van der Waals surface area contributed by atoms with E-state index in [2.05, 4.69) is 6.92 Å². The third-order valence-corrected chi connectivity index (χ3v) is 4.29. The summed E-state index contributed by atoms with van der Waals surface area (Å²) in [5, 5.41) is 0. The lowest BCUT2D eigenvalue weighted by atomic mass is 10.1. The molecule has 1 amide bonds. The van der Waals surface area contributed by atoms with E-state index in [1.54, 1.807) is 6.07 Å². The van der Waals surface area contributed by atoms with Gasteiger partial charge >= 0.3 is 0 Å². The van der Waals surface area contributed by atoms with E-state index < -0.39 is 0 Å². The quantitative estimate of drug-likeness (QED) is 0.832. The minimum atomic E-state index is 0.0978. The molecule has 3 nitrogen and oxygen atoms in total. The van der Waals surface area contributed by atoms with Gasteiger partial charge in [0, 0.05) is 25.6 Å². The summed E-state index contributed by atoms with van der Waals surface area (Å²) in [6.45, 7) is 5.28. The van der Waals surface area contributed by atoms with Crippen molar-refractivity contribution < 1.29 is 9.53 Å². The fraction of sp³-hybridized carbons (Fsp3) is 0.615. The van der Waals surface area contributed by atoms with E-state index in [1.807, 2.05) is 11.0 Å². The predicted octanol–water partition coefficient (Wildman–Crippen LogP) is 3.29. The molecule has 0 N–H and O–H groups in total. The Bertz CT molecular complexity index is 401. The molecule has 1 saturated heterocycles. The minimum absolute atomic E-state index is 0.0978. The molecule has 1 aromatic rings. The molecule has 100 valence electrons. The van der Waals surface area contributed by atoms with Gasteiger partial charge < -0.3 is 9.64 Å². The van der Waals surface area contributed by atoms with E-state index in [-0.39, 0.29) is 5.91 Å². The van der Waals surface area contributed by atoms with Crippen LogP contribution in [0.1, 0.15) is 29.4 Å². The van der Waals surface area contributed by atoms with Crippen molar-refractivity contribution in [3.63, 3.8) is 0 Å². The number of hydrogen-bond acceptors (Lipinski definition) is 3. The van der Waals surface area contributed by atoms with Crippen LogP contribution in [0.5, 0.6) is 0 Å². The maximum Gasteiger partial charge on any atom is 0.263 e. The van der Waals surface area contributed by atoms with Crippen LogP contribution in [0.25, 0.3) is 0 Å². The number of halogens is 1. The lowest BCUT2D eigenvalue weighted by Crippen LogP contribution is -2.35. The van der Waals surface area contributed by atoms with Crippen molar-refractivity contribution in [3.8, 4) is 0 Å². The molecule has 1 aromatic heterocycles.